The molecule has 0 unspecified atom stereocenters. The first-order valence-corrected chi connectivity index (χ1v) is 4.96. The number of nitrogens with zero attached hydrogens (tertiary/aromatic N) is 1. The molecule has 0 amide bonds. The van der Waals surface area contributed by atoms with Gasteiger partial charge in [0.1, 0.15) is 6.54 Å². The van der Waals surface area contributed by atoms with Crippen molar-refractivity contribution in [3.63, 3.8) is 0 Å². The zero-order chi connectivity index (χ0) is 11.5. The van der Waals surface area contributed by atoms with Crippen molar-refractivity contribution in [1.82, 2.24) is 0 Å². The van der Waals surface area contributed by atoms with Gasteiger partial charge >= 0.3 is 5.97 Å². The summed E-state index contributed by atoms with van der Waals surface area (Å²) in [6.45, 7) is 6.03. The number of hydrogen-bond acceptors (Lipinski definition) is 2. The van der Waals surface area contributed by atoms with Gasteiger partial charge in [0.15, 0.2) is 0 Å². The quantitative estimate of drug-likeness (QED) is 0.827. The van der Waals surface area contributed by atoms with Crippen LogP contribution >= 0.6 is 0 Å². The lowest BCUT2D eigenvalue weighted by molar-refractivity contribution is -0.135. The van der Waals surface area contributed by atoms with E-state index in [1.54, 1.807) is 0 Å². The highest BCUT2D eigenvalue weighted by atomic mass is 16.4. The van der Waals surface area contributed by atoms with Gasteiger partial charge in [0, 0.05) is 11.2 Å². The van der Waals surface area contributed by atoms with E-state index in [0.29, 0.717) is 0 Å². The van der Waals surface area contributed by atoms with Crippen LogP contribution in [0.2, 0.25) is 0 Å². The van der Waals surface area contributed by atoms with Gasteiger partial charge in [-0.05, 0) is 32.9 Å². The first-order valence-electron chi connectivity index (χ1n) is 4.96. The number of carboxylic acid groups (broad SMARTS) is 1. The third-order valence-electron chi connectivity index (χ3n) is 2.17. The first kappa shape index (κ1) is 11.6. The normalized spacial score (nSPS) is 11.1. The molecular weight excluding hydrogens is 190 g/mol. The fourth-order valence-electron chi connectivity index (χ4n) is 1.46. The maximum absolute atomic E-state index is 10.8. The molecular formula is C12H17NO2. The third-order valence-corrected chi connectivity index (χ3v) is 2.17. The van der Waals surface area contributed by atoms with E-state index >= 15 is 0 Å². The van der Waals surface area contributed by atoms with Crippen molar-refractivity contribution in [3.05, 3.63) is 30.3 Å². The summed E-state index contributed by atoms with van der Waals surface area (Å²) < 4.78 is 0. The topological polar surface area (TPSA) is 40.5 Å². The van der Waals surface area contributed by atoms with Crippen molar-refractivity contribution in [1.29, 1.82) is 0 Å². The Hall–Kier alpha value is -1.51. The van der Waals surface area contributed by atoms with Crippen LogP contribution in [0.4, 0.5) is 5.69 Å². The zero-order valence-corrected chi connectivity index (χ0v) is 9.40. The predicted octanol–water partition coefficient (Wildman–Crippen LogP) is 2.38. The molecule has 82 valence electrons. The number of carboxylic acids is 1. The summed E-state index contributed by atoms with van der Waals surface area (Å²) in [4.78, 5) is 12.7. The zero-order valence-electron chi connectivity index (χ0n) is 9.40. The summed E-state index contributed by atoms with van der Waals surface area (Å²) in [5, 5.41) is 8.87. The summed E-state index contributed by atoms with van der Waals surface area (Å²) >= 11 is 0. The largest absolute Gasteiger partial charge is 0.480 e. The molecule has 1 aromatic carbocycles. The molecule has 1 aromatic rings. The Labute approximate surface area is 90.3 Å². The molecule has 0 atom stereocenters. The van der Waals surface area contributed by atoms with Crippen LogP contribution in [0.3, 0.4) is 0 Å². The summed E-state index contributed by atoms with van der Waals surface area (Å²) in [7, 11) is 0. The fraction of sp³-hybridized carbons (Fsp3) is 0.417. The van der Waals surface area contributed by atoms with Crippen LogP contribution in [0, 0.1) is 0 Å². The summed E-state index contributed by atoms with van der Waals surface area (Å²) in [5.74, 6) is -0.811. The van der Waals surface area contributed by atoms with Crippen LogP contribution in [0.5, 0.6) is 0 Å². The lowest BCUT2D eigenvalue weighted by Crippen LogP contribution is -2.44. The van der Waals surface area contributed by atoms with Gasteiger partial charge in [0.05, 0.1) is 0 Å². The number of carbonyl (C=O) groups is 1. The van der Waals surface area contributed by atoms with E-state index in [0.717, 1.165) is 5.69 Å². The van der Waals surface area contributed by atoms with Gasteiger partial charge in [-0.1, -0.05) is 18.2 Å². The highest BCUT2D eigenvalue weighted by molar-refractivity contribution is 5.74. The van der Waals surface area contributed by atoms with Crippen LogP contribution in [-0.4, -0.2) is 23.2 Å². The maximum Gasteiger partial charge on any atom is 0.323 e. The Kier molecular flexibility index (Phi) is 3.35. The molecule has 0 fully saturated rings. The van der Waals surface area contributed by atoms with E-state index in [4.69, 9.17) is 5.11 Å². The van der Waals surface area contributed by atoms with Crippen molar-refractivity contribution in [2.24, 2.45) is 0 Å². The lowest BCUT2D eigenvalue weighted by atomic mass is 10.0. The van der Waals surface area contributed by atoms with Gasteiger partial charge in [-0.25, -0.2) is 0 Å². The molecule has 3 heteroatoms. The van der Waals surface area contributed by atoms with Crippen molar-refractivity contribution < 1.29 is 9.90 Å². The van der Waals surface area contributed by atoms with Crippen LogP contribution in [0.1, 0.15) is 20.8 Å². The third kappa shape index (κ3) is 3.27. The molecule has 0 heterocycles. The Morgan fingerprint density at radius 3 is 2.20 bits per heavy atom. The first-order chi connectivity index (χ1) is 6.91. The van der Waals surface area contributed by atoms with Crippen molar-refractivity contribution in [2.75, 3.05) is 11.4 Å². The van der Waals surface area contributed by atoms with E-state index in [1.807, 2.05) is 56.0 Å². The molecule has 0 spiro atoms. The number of anilines is 1. The molecule has 15 heavy (non-hydrogen) atoms. The number of aliphatic carboxylic acids is 1. The second-order valence-corrected chi connectivity index (χ2v) is 4.49. The van der Waals surface area contributed by atoms with E-state index in [-0.39, 0.29) is 12.1 Å². The summed E-state index contributed by atoms with van der Waals surface area (Å²) in [5.41, 5.74) is 0.743. The molecule has 0 aliphatic rings. The second kappa shape index (κ2) is 4.34. The minimum Gasteiger partial charge on any atom is -0.480 e. The van der Waals surface area contributed by atoms with E-state index < -0.39 is 5.97 Å². The van der Waals surface area contributed by atoms with Crippen LogP contribution in [0.15, 0.2) is 30.3 Å². The van der Waals surface area contributed by atoms with Crippen molar-refractivity contribution >= 4 is 11.7 Å². The molecule has 0 saturated carbocycles. The monoisotopic (exact) mass is 207 g/mol. The Morgan fingerprint density at radius 1 is 1.27 bits per heavy atom. The number of hydrogen-bond donors (Lipinski definition) is 1. The predicted molar refractivity (Wildman–Crippen MR) is 61.2 cm³/mol. The summed E-state index contributed by atoms with van der Waals surface area (Å²) in [6, 6.07) is 9.60. The molecule has 0 aliphatic carbocycles. The highest BCUT2D eigenvalue weighted by Crippen LogP contribution is 2.22. The molecule has 0 radical (unpaired) electrons. The molecule has 0 aromatic heterocycles. The lowest BCUT2D eigenvalue weighted by Gasteiger charge is -2.36. The average Bonchev–Trinajstić information content (AvgIpc) is 2.14. The Balaban J connectivity index is 2.97. The SMILES string of the molecule is CC(C)(C)N(CC(=O)O)c1ccccc1. The van der Waals surface area contributed by atoms with E-state index in [2.05, 4.69) is 0 Å². The molecule has 1 N–H and O–H groups in total. The van der Waals surface area contributed by atoms with Gasteiger partial charge in [0.25, 0.3) is 0 Å². The second-order valence-electron chi connectivity index (χ2n) is 4.49. The van der Waals surface area contributed by atoms with Gasteiger partial charge in [-0.3, -0.25) is 4.79 Å². The van der Waals surface area contributed by atoms with Crippen molar-refractivity contribution in [2.45, 2.75) is 26.3 Å². The molecule has 1 rings (SSSR count). The van der Waals surface area contributed by atoms with E-state index in [9.17, 15) is 4.79 Å². The standard InChI is InChI=1S/C12H17NO2/c1-12(2,3)13(9-11(14)15)10-7-5-4-6-8-10/h4-8H,9H2,1-3H3,(H,14,15). The number of rotatable bonds is 3. The minimum atomic E-state index is -0.811. The Bertz CT molecular complexity index is 327. The smallest absolute Gasteiger partial charge is 0.323 e. The van der Waals surface area contributed by atoms with Crippen LogP contribution in [0.25, 0.3) is 0 Å². The minimum absolute atomic E-state index is 0.0213. The maximum atomic E-state index is 10.8. The molecule has 3 nitrogen and oxygen atoms in total. The van der Waals surface area contributed by atoms with Gasteiger partial charge in [0.2, 0.25) is 0 Å². The number of benzene rings is 1. The van der Waals surface area contributed by atoms with Crippen molar-refractivity contribution in [3.8, 4) is 0 Å². The molecule has 0 saturated heterocycles. The highest BCUT2D eigenvalue weighted by Gasteiger charge is 2.23. The van der Waals surface area contributed by atoms with Crippen LogP contribution < -0.4 is 4.90 Å². The van der Waals surface area contributed by atoms with Gasteiger partial charge < -0.3 is 10.0 Å². The van der Waals surface area contributed by atoms with E-state index in [1.165, 1.54) is 0 Å². The molecule has 0 bridgehead atoms. The Morgan fingerprint density at radius 2 is 1.80 bits per heavy atom. The van der Waals surface area contributed by atoms with Gasteiger partial charge in [-0.15, -0.1) is 0 Å². The molecule has 0 aliphatic heterocycles. The average molecular weight is 207 g/mol. The number of para-hydroxylation sites is 1. The fourth-order valence-corrected chi connectivity index (χ4v) is 1.46. The van der Waals surface area contributed by atoms with Gasteiger partial charge in [-0.2, -0.15) is 0 Å². The van der Waals surface area contributed by atoms with Crippen LogP contribution in [-0.2, 0) is 4.79 Å². The summed E-state index contributed by atoms with van der Waals surface area (Å²) in [6.07, 6.45) is 0.